The van der Waals surface area contributed by atoms with Gasteiger partial charge in [0.15, 0.2) is 0 Å². The summed E-state index contributed by atoms with van der Waals surface area (Å²) in [6, 6.07) is 0. The molecule has 1 aromatic rings. The number of likely N-dealkylation sites (tertiary alicyclic amines) is 1. The van der Waals surface area contributed by atoms with E-state index < -0.39 is 0 Å². The van der Waals surface area contributed by atoms with E-state index in [9.17, 15) is 4.79 Å². The van der Waals surface area contributed by atoms with Crippen molar-refractivity contribution in [3.63, 3.8) is 0 Å². The lowest BCUT2D eigenvalue weighted by Crippen LogP contribution is -2.39. The fourth-order valence-corrected chi connectivity index (χ4v) is 2.91. The second-order valence-electron chi connectivity index (χ2n) is 6.10. The number of nitrogens with one attached hydrogen (secondary N) is 1. The number of hydrogen-bond acceptors (Lipinski definition) is 4. The summed E-state index contributed by atoms with van der Waals surface area (Å²) in [5.74, 6) is 1.06. The van der Waals surface area contributed by atoms with Crippen LogP contribution in [0.3, 0.4) is 0 Å². The summed E-state index contributed by atoms with van der Waals surface area (Å²) in [6.45, 7) is 6.87. The Kier molecular flexibility index (Phi) is 7.76. The molecule has 1 fully saturated rings. The van der Waals surface area contributed by atoms with Gasteiger partial charge in [-0.1, -0.05) is 13.8 Å². The van der Waals surface area contributed by atoms with Gasteiger partial charge in [0.05, 0.1) is 11.3 Å². The molecular formula is C16H27ClN4O. The van der Waals surface area contributed by atoms with Crippen LogP contribution in [0.15, 0.2) is 12.5 Å². The van der Waals surface area contributed by atoms with E-state index in [1.54, 1.807) is 6.20 Å². The molecule has 0 aliphatic carbocycles. The zero-order valence-corrected chi connectivity index (χ0v) is 14.5. The molecule has 0 atom stereocenters. The molecule has 1 aromatic heterocycles. The lowest BCUT2D eigenvalue weighted by atomic mass is 9.93. The average molecular weight is 327 g/mol. The Morgan fingerprint density at radius 1 is 1.41 bits per heavy atom. The van der Waals surface area contributed by atoms with Crippen LogP contribution in [0, 0.1) is 5.92 Å². The van der Waals surface area contributed by atoms with Crippen molar-refractivity contribution in [3.05, 3.63) is 23.8 Å². The molecule has 2 rings (SSSR count). The molecule has 5 nitrogen and oxygen atoms in total. The van der Waals surface area contributed by atoms with Gasteiger partial charge in [-0.2, -0.15) is 0 Å². The van der Waals surface area contributed by atoms with Gasteiger partial charge in [-0.15, -0.1) is 12.4 Å². The highest BCUT2D eigenvalue weighted by atomic mass is 35.5. The zero-order valence-electron chi connectivity index (χ0n) is 13.7. The van der Waals surface area contributed by atoms with E-state index in [1.807, 2.05) is 11.9 Å². The largest absolute Gasteiger partial charge is 0.339 e. The number of carbonyl (C=O) groups excluding carboxylic acids is 1. The van der Waals surface area contributed by atoms with Gasteiger partial charge in [0.2, 0.25) is 0 Å². The quantitative estimate of drug-likeness (QED) is 0.903. The number of amides is 1. The van der Waals surface area contributed by atoms with Crippen molar-refractivity contribution in [3.8, 4) is 0 Å². The summed E-state index contributed by atoms with van der Waals surface area (Å²) in [5.41, 5.74) is 1.52. The normalized spacial score (nSPS) is 15.7. The fraction of sp³-hybridized carbons (Fsp3) is 0.688. The van der Waals surface area contributed by atoms with Crippen LogP contribution in [0.2, 0.25) is 0 Å². The van der Waals surface area contributed by atoms with Crippen molar-refractivity contribution in [2.75, 3.05) is 26.7 Å². The van der Waals surface area contributed by atoms with Gasteiger partial charge >= 0.3 is 0 Å². The number of carbonyl (C=O) groups is 1. The Labute approximate surface area is 139 Å². The van der Waals surface area contributed by atoms with Crippen LogP contribution in [0.4, 0.5) is 0 Å². The molecule has 6 heteroatoms. The van der Waals surface area contributed by atoms with Crippen molar-refractivity contribution in [2.24, 2.45) is 5.92 Å². The molecule has 0 bridgehead atoms. The number of nitrogens with zero attached hydrogens (tertiary/aromatic N) is 3. The molecule has 0 aromatic carbocycles. The lowest BCUT2D eigenvalue weighted by molar-refractivity contribution is 0.0684. The molecule has 0 radical (unpaired) electrons. The molecule has 0 spiro atoms. The van der Waals surface area contributed by atoms with E-state index in [2.05, 4.69) is 29.1 Å². The lowest BCUT2D eigenvalue weighted by Gasteiger charge is -2.32. The number of hydrogen-bond donors (Lipinski definition) is 1. The predicted molar refractivity (Wildman–Crippen MR) is 90.5 cm³/mol. The second kappa shape index (κ2) is 9.06. The Morgan fingerprint density at radius 2 is 2.09 bits per heavy atom. The Bertz CT molecular complexity index is 473. The summed E-state index contributed by atoms with van der Waals surface area (Å²) in [7, 11) is 1.99. The van der Waals surface area contributed by atoms with E-state index in [0.717, 1.165) is 44.1 Å². The van der Waals surface area contributed by atoms with E-state index in [-0.39, 0.29) is 24.2 Å². The summed E-state index contributed by atoms with van der Waals surface area (Å²) >= 11 is 0. The van der Waals surface area contributed by atoms with Gasteiger partial charge in [0.25, 0.3) is 5.91 Å². The Hall–Kier alpha value is -1.20. The van der Waals surface area contributed by atoms with Gasteiger partial charge in [-0.3, -0.25) is 4.79 Å². The summed E-state index contributed by atoms with van der Waals surface area (Å²) in [4.78, 5) is 23.0. The minimum absolute atomic E-state index is 0. The van der Waals surface area contributed by atoms with Crippen LogP contribution in [0.1, 0.15) is 55.1 Å². The standard InChI is InChI=1S/C16H26N4O.ClH/c1-12(2)15-14(10-18-11-19-15)16(21)20-8-5-13(6-9-20)4-7-17-3;/h10-13,17H,4-9H2,1-3H3;1H. The van der Waals surface area contributed by atoms with Crippen molar-refractivity contribution >= 4 is 18.3 Å². The third-order valence-corrected chi connectivity index (χ3v) is 4.22. The minimum Gasteiger partial charge on any atom is -0.339 e. The summed E-state index contributed by atoms with van der Waals surface area (Å²) in [5, 5.41) is 3.20. The van der Waals surface area contributed by atoms with Crippen molar-refractivity contribution in [1.82, 2.24) is 20.2 Å². The first kappa shape index (κ1) is 18.8. The van der Waals surface area contributed by atoms with Gasteiger partial charge in [0.1, 0.15) is 6.33 Å². The molecule has 22 heavy (non-hydrogen) atoms. The molecule has 1 amide bonds. The van der Waals surface area contributed by atoms with Crippen LogP contribution in [-0.4, -0.2) is 47.5 Å². The van der Waals surface area contributed by atoms with Gasteiger partial charge < -0.3 is 10.2 Å². The molecule has 2 heterocycles. The first-order valence-electron chi connectivity index (χ1n) is 7.87. The number of piperidine rings is 1. The molecular weight excluding hydrogens is 300 g/mol. The monoisotopic (exact) mass is 326 g/mol. The molecule has 1 aliphatic rings. The third kappa shape index (κ3) is 4.65. The maximum Gasteiger partial charge on any atom is 0.257 e. The van der Waals surface area contributed by atoms with Crippen LogP contribution >= 0.6 is 12.4 Å². The van der Waals surface area contributed by atoms with Crippen LogP contribution in [0.5, 0.6) is 0 Å². The van der Waals surface area contributed by atoms with Crippen LogP contribution < -0.4 is 5.32 Å². The molecule has 0 saturated carbocycles. The maximum absolute atomic E-state index is 12.7. The molecule has 1 aliphatic heterocycles. The zero-order chi connectivity index (χ0) is 15.2. The van der Waals surface area contributed by atoms with Gasteiger partial charge in [0, 0.05) is 19.3 Å². The minimum atomic E-state index is 0. The molecule has 1 N–H and O–H groups in total. The predicted octanol–water partition coefficient (Wildman–Crippen LogP) is 2.48. The topological polar surface area (TPSA) is 58.1 Å². The smallest absolute Gasteiger partial charge is 0.257 e. The van der Waals surface area contributed by atoms with E-state index in [0.29, 0.717) is 5.56 Å². The Morgan fingerprint density at radius 3 is 2.68 bits per heavy atom. The molecule has 124 valence electrons. The first-order chi connectivity index (χ1) is 10.1. The molecule has 1 saturated heterocycles. The van der Waals surface area contributed by atoms with E-state index in [1.165, 1.54) is 12.7 Å². The summed E-state index contributed by atoms with van der Waals surface area (Å²) in [6.07, 6.45) is 6.58. The highest BCUT2D eigenvalue weighted by molar-refractivity contribution is 5.95. The van der Waals surface area contributed by atoms with E-state index >= 15 is 0 Å². The Balaban J connectivity index is 0.00000242. The number of aromatic nitrogens is 2. The van der Waals surface area contributed by atoms with Gasteiger partial charge in [-0.05, 0) is 44.7 Å². The SMILES string of the molecule is CNCCC1CCN(C(=O)c2cncnc2C(C)C)CC1.Cl. The average Bonchev–Trinajstić information content (AvgIpc) is 2.52. The maximum atomic E-state index is 12.7. The fourth-order valence-electron chi connectivity index (χ4n) is 2.91. The second-order valence-corrected chi connectivity index (χ2v) is 6.10. The van der Waals surface area contributed by atoms with Crippen molar-refractivity contribution in [1.29, 1.82) is 0 Å². The third-order valence-electron chi connectivity index (χ3n) is 4.22. The number of halogens is 1. The highest BCUT2D eigenvalue weighted by Crippen LogP contribution is 2.23. The van der Waals surface area contributed by atoms with Crippen LogP contribution in [-0.2, 0) is 0 Å². The number of rotatable bonds is 5. The summed E-state index contributed by atoms with van der Waals surface area (Å²) < 4.78 is 0. The van der Waals surface area contributed by atoms with Crippen molar-refractivity contribution < 1.29 is 4.79 Å². The van der Waals surface area contributed by atoms with Crippen molar-refractivity contribution in [2.45, 2.75) is 39.0 Å². The molecule has 0 unspecified atom stereocenters. The van der Waals surface area contributed by atoms with E-state index in [4.69, 9.17) is 0 Å². The first-order valence-corrected chi connectivity index (χ1v) is 7.87. The highest BCUT2D eigenvalue weighted by Gasteiger charge is 2.25. The van der Waals surface area contributed by atoms with Crippen LogP contribution in [0.25, 0.3) is 0 Å². The van der Waals surface area contributed by atoms with Gasteiger partial charge in [-0.25, -0.2) is 9.97 Å².